The second kappa shape index (κ2) is 5.08. The van der Waals surface area contributed by atoms with Crippen LogP contribution in [0, 0.1) is 23.6 Å². The summed E-state index contributed by atoms with van der Waals surface area (Å²) in [4.78, 5) is 14.0. The standard InChI is InChI=1S/C16H21FN2O/c1-19(9-12-7-10-2-3-11(12)6-10)16(20)14-8-13(18)4-5-15(14)17/h4-5,8,10-12H,2-3,6-7,9,18H2,1H3. The van der Waals surface area contributed by atoms with Crippen LogP contribution in [0.5, 0.6) is 0 Å². The smallest absolute Gasteiger partial charge is 0.256 e. The van der Waals surface area contributed by atoms with E-state index >= 15 is 0 Å². The lowest BCUT2D eigenvalue weighted by Gasteiger charge is -2.27. The molecular weight excluding hydrogens is 255 g/mol. The van der Waals surface area contributed by atoms with Gasteiger partial charge in [-0.15, -0.1) is 0 Å². The van der Waals surface area contributed by atoms with E-state index < -0.39 is 5.82 Å². The third kappa shape index (κ3) is 2.39. The molecule has 3 unspecified atom stereocenters. The summed E-state index contributed by atoms with van der Waals surface area (Å²) in [5.41, 5.74) is 6.14. The van der Waals surface area contributed by atoms with Crippen molar-refractivity contribution in [2.45, 2.75) is 25.7 Å². The summed E-state index contributed by atoms with van der Waals surface area (Å²) in [5, 5.41) is 0. The molecule has 2 fully saturated rings. The van der Waals surface area contributed by atoms with Crippen LogP contribution in [0.3, 0.4) is 0 Å². The van der Waals surface area contributed by atoms with Crippen LogP contribution in [0.2, 0.25) is 0 Å². The molecule has 0 radical (unpaired) electrons. The molecule has 0 aromatic heterocycles. The molecule has 2 bridgehead atoms. The number of hydrogen-bond acceptors (Lipinski definition) is 2. The monoisotopic (exact) mass is 276 g/mol. The Labute approximate surface area is 118 Å². The van der Waals surface area contributed by atoms with Crippen LogP contribution in [0.15, 0.2) is 18.2 Å². The Morgan fingerprint density at radius 3 is 2.85 bits per heavy atom. The van der Waals surface area contributed by atoms with Crippen molar-refractivity contribution >= 4 is 11.6 Å². The summed E-state index contributed by atoms with van der Waals surface area (Å²) in [6, 6.07) is 4.16. The highest BCUT2D eigenvalue weighted by Crippen LogP contribution is 2.48. The molecule has 108 valence electrons. The topological polar surface area (TPSA) is 46.3 Å². The van der Waals surface area contributed by atoms with Gasteiger partial charge in [-0.25, -0.2) is 4.39 Å². The molecule has 3 rings (SSSR count). The van der Waals surface area contributed by atoms with Gasteiger partial charge in [0, 0.05) is 19.3 Å². The fraction of sp³-hybridized carbons (Fsp3) is 0.562. The van der Waals surface area contributed by atoms with Gasteiger partial charge in [-0.2, -0.15) is 0 Å². The van der Waals surface area contributed by atoms with Crippen LogP contribution in [0.1, 0.15) is 36.0 Å². The van der Waals surface area contributed by atoms with Gasteiger partial charge in [-0.05, 0) is 55.2 Å². The normalized spacial score (nSPS) is 27.8. The zero-order chi connectivity index (χ0) is 14.3. The van der Waals surface area contributed by atoms with Gasteiger partial charge in [-0.3, -0.25) is 4.79 Å². The Balaban J connectivity index is 1.69. The minimum absolute atomic E-state index is 0.0793. The molecule has 4 heteroatoms. The highest BCUT2D eigenvalue weighted by atomic mass is 19.1. The summed E-state index contributed by atoms with van der Waals surface area (Å²) in [7, 11) is 1.76. The van der Waals surface area contributed by atoms with Crippen LogP contribution < -0.4 is 5.73 Å². The molecule has 1 aromatic carbocycles. The molecule has 0 spiro atoms. The van der Waals surface area contributed by atoms with Crippen LogP contribution in [0.4, 0.5) is 10.1 Å². The lowest BCUT2D eigenvalue weighted by atomic mass is 9.88. The van der Waals surface area contributed by atoms with Gasteiger partial charge in [-0.1, -0.05) is 6.42 Å². The molecule has 3 nitrogen and oxygen atoms in total. The molecule has 20 heavy (non-hydrogen) atoms. The van der Waals surface area contributed by atoms with Gasteiger partial charge in [0.1, 0.15) is 5.82 Å². The number of nitrogens with zero attached hydrogens (tertiary/aromatic N) is 1. The van der Waals surface area contributed by atoms with E-state index in [-0.39, 0.29) is 11.5 Å². The Morgan fingerprint density at radius 1 is 1.40 bits per heavy atom. The summed E-state index contributed by atoms with van der Waals surface area (Å²) in [6.07, 6.45) is 5.19. The van der Waals surface area contributed by atoms with E-state index in [1.165, 1.54) is 43.9 Å². The number of carbonyl (C=O) groups is 1. The van der Waals surface area contributed by atoms with Crippen molar-refractivity contribution in [1.29, 1.82) is 0 Å². The minimum Gasteiger partial charge on any atom is -0.399 e. The lowest BCUT2D eigenvalue weighted by molar-refractivity contribution is 0.0749. The van der Waals surface area contributed by atoms with Crippen molar-refractivity contribution in [3.8, 4) is 0 Å². The van der Waals surface area contributed by atoms with Gasteiger partial charge in [0.2, 0.25) is 0 Å². The number of benzene rings is 1. The molecule has 1 amide bonds. The second-order valence-electron chi connectivity index (χ2n) is 6.36. The fourth-order valence-electron chi connectivity index (χ4n) is 3.95. The number of fused-ring (bicyclic) bond motifs is 2. The van der Waals surface area contributed by atoms with Gasteiger partial charge in [0.15, 0.2) is 0 Å². The number of anilines is 1. The molecule has 0 aliphatic heterocycles. The maximum atomic E-state index is 13.7. The molecule has 2 aliphatic rings. The van der Waals surface area contributed by atoms with Crippen molar-refractivity contribution in [2.24, 2.45) is 17.8 Å². The van der Waals surface area contributed by atoms with Crippen molar-refractivity contribution in [2.75, 3.05) is 19.3 Å². The van der Waals surface area contributed by atoms with E-state index in [0.29, 0.717) is 11.6 Å². The van der Waals surface area contributed by atoms with E-state index in [9.17, 15) is 9.18 Å². The van der Waals surface area contributed by atoms with Crippen molar-refractivity contribution < 1.29 is 9.18 Å². The van der Waals surface area contributed by atoms with Gasteiger partial charge < -0.3 is 10.6 Å². The second-order valence-corrected chi connectivity index (χ2v) is 6.36. The van der Waals surface area contributed by atoms with Crippen molar-refractivity contribution in [1.82, 2.24) is 4.90 Å². The summed E-state index contributed by atoms with van der Waals surface area (Å²) >= 11 is 0. The first-order valence-electron chi connectivity index (χ1n) is 7.35. The average molecular weight is 276 g/mol. The third-order valence-corrected chi connectivity index (χ3v) is 4.96. The SMILES string of the molecule is CN(CC1CC2CCC1C2)C(=O)c1cc(N)ccc1F. The van der Waals surface area contributed by atoms with Crippen molar-refractivity contribution in [3.05, 3.63) is 29.6 Å². The number of rotatable bonds is 3. The fourth-order valence-corrected chi connectivity index (χ4v) is 3.95. The molecule has 1 aromatic rings. The summed E-state index contributed by atoms with van der Waals surface area (Å²) in [5.74, 6) is 1.45. The molecule has 2 N–H and O–H groups in total. The summed E-state index contributed by atoms with van der Waals surface area (Å²) < 4.78 is 13.7. The number of nitrogen functional groups attached to an aromatic ring is 1. The molecular formula is C16H21FN2O. The maximum absolute atomic E-state index is 13.7. The Hall–Kier alpha value is -1.58. The van der Waals surface area contributed by atoms with Crippen molar-refractivity contribution in [3.63, 3.8) is 0 Å². The largest absolute Gasteiger partial charge is 0.399 e. The number of halogens is 1. The van der Waals surface area contributed by atoms with Crippen LogP contribution in [-0.4, -0.2) is 24.4 Å². The third-order valence-electron chi connectivity index (χ3n) is 4.96. The first kappa shape index (κ1) is 13.4. The zero-order valence-electron chi connectivity index (χ0n) is 11.8. The quantitative estimate of drug-likeness (QED) is 0.863. The molecule has 0 saturated heterocycles. The number of hydrogen-bond donors (Lipinski definition) is 1. The average Bonchev–Trinajstić information content (AvgIpc) is 3.03. The summed E-state index contributed by atoms with van der Waals surface area (Å²) in [6.45, 7) is 0.730. The molecule has 2 aliphatic carbocycles. The first-order chi connectivity index (χ1) is 9.54. The zero-order valence-corrected chi connectivity index (χ0v) is 11.8. The van der Waals surface area contributed by atoms with Crippen LogP contribution >= 0.6 is 0 Å². The van der Waals surface area contributed by atoms with E-state index in [1.807, 2.05) is 0 Å². The van der Waals surface area contributed by atoms with Gasteiger partial charge in [0.25, 0.3) is 5.91 Å². The minimum atomic E-state index is -0.496. The highest BCUT2D eigenvalue weighted by Gasteiger charge is 2.40. The predicted octanol–water partition coefficient (Wildman–Crippen LogP) is 2.92. The van der Waals surface area contributed by atoms with E-state index in [2.05, 4.69) is 0 Å². The van der Waals surface area contributed by atoms with E-state index in [1.54, 1.807) is 11.9 Å². The number of amides is 1. The maximum Gasteiger partial charge on any atom is 0.256 e. The number of carbonyl (C=O) groups excluding carboxylic acids is 1. The van der Waals surface area contributed by atoms with Crippen LogP contribution in [-0.2, 0) is 0 Å². The van der Waals surface area contributed by atoms with Crippen LogP contribution in [0.25, 0.3) is 0 Å². The Kier molecular flexibility index (Phi) is 3.40. The first-order valence-corrected chi connectivity index (χ1v) is 7.35. The molecule has 0 heterocycles. The Morgan fingerprint density at radius 2 is 2.20 bits per heavy atom. The number of nitrogens with two attached hydrogens (primary N) is 1. The highest BCUT2D eigenvalue weighted by molar-refractivity contribution is 5.95. The van der Waals surface area contributed by atoms with Gasteiger partial charge >= 0.3 is 0 Å². The molecule has 3 atom stereocenters. The Bertz CT molecular complexity index is 531. The van der Waals surface area contributed by atoms with Gasteiger partial charge in [0.05, 0.1) is 5.56 Å². The predicted molar refractivity (Wildman–Crippen MR) is 76.7 cm³/mol. The molecule has 2 saturated carbocycles. The lowest BCUT2D eigenvalue weighted by Crippen LogP contribution is -2.34. The van der Waals surface area contributed by atoms with E-state index in [0.717, 1.165) is 18.4 Å². The van der Waals surface area contributed by atoms with E-state index in [4.69, 9.17) is 5.73 Å².